The van der Waals surface area contributed by atoms with E-state index in [2.05, 4.69) is 28.0 Å². The Morgan fingerprint density at radius 1 is 1.24 bits per heavy atom. The highest BCUT2D eigenvalue weighted by atomic mass is 32.2. The molecule has 1 aromatic heterocycles. The standard InChI is InChI=1S/C18H30N6S/c1-2-8-20-17-16-18(24(11-21-16)15-7-9-25-10-15)22-12-23(17)14-5-3-13(19)4-6-14/h11-15,17,20H,2-10,19H2,1H3. The van der Waals surface area contributed by atoms with Crippen LogP contribution in [0.15, 0.2) is 11.3 Å². The molecular formula is C18H30N6S. The van der Waals surface area contributed by atoms with E-state index in [1.54, 1.807) is 0 Å². The average molecular weight is 363 g/mol. The molecular weight excluding hydrogens is 332 g/mol. The van der Waals surface area contributed by atoms with Gasteiger partial charge in [-0.2, -0.15) is 11.8 Å². The summed E-state index contributed by atoms with van der Waals surface area (Å²) in [6, 6.07) is 1.43. The second-order valence-corrected chi connectivity index (χ2v) is 8.64. The van der Waals surface area contributed by atoms with Crippen LogP contribution in [0.5, 0.6) is 0 Å². The van der Waals surface area contributed by atoms with Gasteiger partial charge in [0, 0.05) is 23.9 Å². The zero-order valence-electron chi connectivity index (χ0n) is 15.1. The topological polar surface area (TPSA) is 71.5 Å². The Labute approximate surface area is 154 Å². The molecule has 1 saturated carbocycles. The van der Waals surface area contributed by atoms with Crippen LogP contribution in [0.25, 0.3) is 0 Å². The predicted octanol–water partition coefficient (Wildman–Crippen LogP) is 2.80. The molecule has 25 heavy (non-hydrogen) atoms. The van der Waals surface area contributed by atoms with Crippen LogP contribution in [0.1, 0.15) is 63.4 Å². The molecule has 3 N–H and O–H groups in total. The number of nitrogens with two attached hydrogens (primary N) is 1. The van der Waals surface area contributed by atoms with Crippen LogP contribution in [-0.2, 0) is 0 Å². The molecule has 3 heterocycles. The lowest BCUT2D eigenvalue weighted by Gasteiger charge is -2.41. The van der Waals surface area contributed by atoms with Gasteiger partial charge >= 0.3 is 0 Å². The van der Waals surface area contributed by atoms with E-state index in [0.717, 1.165) is 50.2 Å². The maximum atomic E-state index is 6.11. The Kier molecular flexibility index (Phi) is 5.33. The van der Waals surface area contributed by atoms with E-state index in [0.29, 0.717) is 18.1 Å². The summed E-state index contributed by atoms with van der Waals surface area (Å²) in [7, 11) is 0. The quantitative estimate of drug-likeness (QED) is 0.843. The number of fused-ring (bicyclic) bond motifs is 1. The summed E-state index contributed by atoms with van der Waals surface area (Å²) in [5, 5.41) is 3.71. The largest absolute Gasteiger partial charge is 0.338 e. The summed E-state index contributed by atoms with van der Waals surface area (Å²) >= 11 is 2.03. The Morgan fingerprint density at radius 2 is 2.08 bits per heavy atom. The first-order valence-corrected chi connectivity index (χ1v) is 10.9. The van der Waals surface area contributed by atoms with Gasteiger partial charge < -0.3 is 15.2 Å². The van der Waals surface area contributed by atoms with Crippen molar-refractivity contribution in [2.75, 3.05) is 18.1 Å². The predicted molar refractivity (Wildman–Crippen MR) is 104 cm³/mol. The van der Waals surface area contributed by atoms with Crippen LogP contribution >= 0.6 is 11.8 Å². The lowest BCUT2D eigenvalue weighted by atomic mass is 9.90. The molecule has 3 aliphatic rings. The van der Waals surface area contributed by atoms with Crippen molar-refractivity contribution in [3.63, 3.8) is 0 Å². The van der Waals surface area contributed by atoms with Gasteiger partial charge in [-0.15, -0.1) is 0 Å². The fourth-order valence-corrected chi connectivity index (χ4v) is 5.43. The molecule has 1 aromatic rings. The number of nitrogens with one attached hydrogen (secondary N) is 1. The minimum atomic E-state index is 0.141. The molecule has 1 saturated heterocycles. The van der Waals surface area contributed by atoms with Gasteiger partial charge in [-0.25, -0.2) is 9.98 Å². The molecule has 2 atom stereocenters. The van der Waals surface area contributed by atoms with Gasteiger partial charge in [0.1, 0.15) is 11.9 Å². The van der Waals surface area contributed by atoms with Crippen LogP contribution in [0.4, 0.5) is 5.82 Å². The van der Waals surface area contributed by atoms with Crippen molar-refractivity contribution in [2.24, 2.45) is 10.7 Å². The van der Waals surface area contributed by atoms with Crippen molar-refractivity contribution in [3.05, 3.63) is 12.0 Å². The van der Waals surface area contributed by atoms with Crippen LogP contribution in [-0.4, -0.2) is 50.9 Å². The molecule has 0 aromatic carbocycles. The number of hydrogen-bond acceptors (Lipinski definition) is 6. The molecule has 138 valence electrons. The summed E-state index contributed by atoms with van der Waals surface area (Å²) in [5.74, 6) is 3.48. The van der Waals surface area contributed by atoms with E-state index in [-0.39, 0.29) is 6.17 Å². The van der Waals surface area contributed by atoms with Crippen molar-refractivity contribution < 1.29 is 0 Å². The highest BCUT2D eigenvalue weighted by Crippen LogP contribution is 2.38. The first-order valence-electron chi connectivity index (χ1n) is 9.73. The SMILES string of the molecule is CCCNC1c2ncn(C3CCSC3)c2N=CN1C1CCC(N)CC1. The molecule has 2 unspecified atom stereocenters. The monoisotopic (exact) mass is 362 g/mol. The molecule has 2 aliphatic heterocycles. The summed E-state index contributed by atoms with van der Waals surface area (Å²) < 4.78 is 2.31. The van der Waals surface area contributed by atoms with E-state index < -0.39 is 0 Å². The van der Waals surface area contributed by atoms with Crippen LogP contribution in [0.2, 0.25) is 0 Å². The van der Waals surface area contributed by atoms with E-state index in [1.165, 1.54) is 17.9 Å². The van der Waals surface area contributed by atoms with Gasteiger partial charge in [-0.05, 0) is 50.8 Å². The second-order valence-electron chi connectivity index (χ2n) is 7.50. The van der Waals surface area contributed by atoms with E-state index in [1.807, 2.05) is 18.1 Å². The molecule has 2 fully saturated rings. The van der Waals surface area contributed by atoms with Crippen LogP contribution in [0, 0.1) is 0 Å². The molecule has 0 bridgehead atoms. The van der Waals surface area contributed by atoms with Crippen molar-refractivity contribution in [2.45, 2.75) is 69.7 Å². The fourth-order valence-electron chi connectivity index (χ4n) is 4.22. The Balaban J connectivity index is 1.59. The van der Waals surface area contributed by atoms with Gasteiger partial charge in [-0.1, -0.05) is 6.92 Å². The van der Waals surface area contributed by atoms with Crippen molar-refractivity contribution in [1.29, 1.82) is 0 Å². The van der Waals surface area contributed by atoms with Crippen molar-refractivity contribution >= 4 is 23.9 Å². The smallest absolute Gasteiger partial charge is 0.161 e. The second kappa shape index (κ2) is 7.68. The van der Waals surface area contributed by atoms with Crippen molar-refractivity contribution in [1.82, 2.24) is 19.8 Å². The fraction of sp³-hybridized carbons (Fsp3) is 0.778. The van der Waals surface area contributed by atoms with Gasteiger partial charge in [-0.3, -0.25) is 5.32 Å². The number of rotatable bonds is 5. The normalized spacial score (nSPS) is 32.2. The van der Waals surface area contributed by atoms with Gasteiger partial charge in [0.25, 0.3) is 0 Å². The maximum Gasteiger partial charge on any atom is 0.161 e. The lowest BCUT2D eigenvalue weighted by molar-refractivity contribution is 0.160. The maximum absolute atomic E-state index is 6.11. The van der Waals surface area contributed by atoms with E-state index >= 15 is 0 Å². The number of aliphatic imine (C=N–C) groups is 1. The van der Waals surface area contributed by atoms with Gasteiger partial charge in [0.05, 0.1) is 12.7 Å². The minimum absolute atomic E-state index is 0.141. The Bertz CT molecular complexity index is 601. The third-order valence-electron chi connectivity index (χ3n) is 5.72. The average Bonchev–Trinajstić information content (AvgIpc) is 3.29. The van der Waals surface area contributed by atoms with Crippen molar-refractivity contribution in [3.8, 4) is 0 Å². The molecule has 0 radical (unpaired) electrons. The van der Waals surface area contributed by atoms with E-state index in [9.17, 15) is 0 Å². The number of hydrogen-bond donors (Lipinski definition) is 2. The number of nitrogens with zero attached hydrogens (tertiary/aromatic N) is 4. The first kappa shape index (κ1) is 17.4. The highest BCUT2D eigenvalue weighted by molar-refractivity contribution is 7.99. The Hall–Kier alpha value is -1.05. The van der Waals surface area contributed by atoms with Gasteiger partial charge in [0.15, 0.2) is 5.82 Å². The lowest BCUT2D eigenvalue weighted by Crippen LogP contribution is -2.48. The van der Waals surface area contributed by atoms with Crippen LogP contribution in [0.3, 0.4) is 0 Å². The Morgan fingerprint density at radius 3 is 2.80 bits per heavy atom. The molecule has 4 rings (SSSR count). The third kappa shape index (κ3) is 3.46. The summed E-state index contributed by atoms with van der Waals surface area (Å²) in [4.78, 5) is 12.1. The zero-order chi connectivity index (χ0) is 17.2. The molecule has 6 nitrogen and oxygen atoms in total. The number of thioether (sulfide) groups is 1. The third-order valence-corrected chi connectivity index (χ3v) is 6.86. The first-order chi connectivity index (χ1) is 12.3. The number of aromatic nitrogens is 2. The summed E-state index contributed by atoms with van der Waals surface area (Å²) in [5.41, 5.74) is 7.21. The van der Waals surface area contributed by atoms with Gasteiger partial charge in [0.2, 0.25) is 0 Å². The van der Waals surface area contributed by atoms with Crippen LogP contribution < -0.4 is 11.1 Å². The summed E-state index contributed by atoms with van der Waals surface area (Å²) in [6.07, 6.45) is 11.1. The minimum Gasteiger partial charge on any atom is -0.338 e. The summed E-state index contributed by atoms with van der Waals surface area (Å²) in [6.45, 7) is 3.20. The highest BCUT2D eigenvalue weighted by Gasteiger charge is 2.35. The molecule has 7 heteroatoms. The number of imidazole rings is 1. The molecule has 1 aliphatic carbocycles. The molecule has 0 amide bonds. The van der Waals surface area contributed by atoms with E-state index in [4.69, 9.17) is 15.7 Å². The zero-order valence-corrected chi connectivity index (χ0v) is 15.9. The molecule has 0 spiro atoms.